The van der Waals surface area contributed by atoms with Crippen molar-refractivity contribution in [2.75, 3.05) is 0 Å². The van der Waals surface area contributed by atoms with Gasteiger partial charge in [-0.2, -0.15) is 0 Å². The Morgan fingerprint density at radius 3 is 1.17 bits per heavy atom. The highest BCUT2D eigenvalue weighted by Gasteiger charge is 2.16. The third-order valence-electron chi connectivity index (χ3n) is 12.9. The van der Waals surface area contributed by atoms with Gasteiger partial charge in [-0.1, -0.05) is 224 Å². The van der Waals surface area contributed by atoms with E-state index < -0.39 is 0 Å². The zero-order valence-corrected chi connectivity index (χ0v) is 36.1. The Hall–Kier alpha value is -8.72. The summed E-state index contributed by atoms with van der Waals surface area (Å²) in [6.45, 7) is 0. The zero-order valence-electron chi connectivity index (χ0n) is 36.1. The number of fused-ring (bicyclic) bond motifs is 4. The Kier molecular flexibility index (Phi) is 9.89. The van der Waals surface area contributed by atoms with E-state index >= 15 is 0 Å². The predicted octanol–water partition coefficient (Wildman–Crippen LogP) is 17.3. The lowest BCUT2D eigenvalue weighted by atomic mass is 9.95. The molecule has 308 valence electrons. The molecule has 11 aromatic carbocycles. The summed E-state index contributed by atoms with van der Waals surface area (Å²) in [5.74, 6) is 0.703. The molecular weight excluding hydrogens is 797 g/mol. The highest BCUT2D eigenvalue weighted by Crippen LogP contribution is 2.37. The molecule has 1 aromatic heterocycles. The number of rotatable bonds is 8. The number of hydrogen-bond donors (Lipinski definition) is 0. The van der Waals surface area contributed by atoms with Crippen LogP contribution in [0, 0.1) is 0 Å². The topological polar surface area (TPSA) is 25.8 Å². The standard InChI is InChI=1S/C64H42N2/c1-2-11-43(12-3-1)53-16-8-17-54(39-53)47-25-23-45(24-26-47)46-31-34-51(35-32-46)64-65-62(61-38-37-50-14-6-7-22-60(50)63(61)66-64)59-21-10-19-56(42-59)49-29-27-48(28-30-49)55-18-9-20-57(40-55)58-36-33-44-13-4-5-15-52(44)41-58/h1-42H. The van der Waals surface area contributed by atoms with Crippen LogP contribution in [-0.2, 0) is 0 Å². The molecule has 0 atom stereocenters. The monoisotopic (exact) mass is 838 g/mol. The van der Waals surface area contributed by atoms with E-state index in [1.165, 1.54) is 55.3 Å². The molecule has 0 aliphatic rings. The largest absolute Gasteiger partial charge is 0.227 e. The van der Waals surface area contributed by atoms with Crippen LogP contribution in [0.3, 0.4) is 0 Å². The van der Waals surface area contributed by atoms with E-state index in [0.29, 0.717) is 5.82 Å². The zero-order chi connectivity index (χ0) is 43.8. The van der Waals surface area contributed by atoms with Gasteiger partial charge >= 0.3 is 0 Å². The van der Waals surface area contributed by atoms with E-state index in [0.717, 1.165) is 60.8 Å². The first-order valence-corrected chi connectivity index (χ1v) is 22.5. The fourth-order valence-electron chi connectivity index (χ4n) is 9.34. The maximum atomic E-state index is 5.35. The SMILES string of the molecule is c1ccc(-c2cccc(-c3ccc(-c4ccc(-c5nc(-c6cccc(-c7ccc(-c8cccc(-c9ccc%10ccccc%10c9)c8)cc7)c6)c6ccc7ccccc7c6n5)cc4)cc3)c2)cc1. The summed E-state index contributed by atoms with van der Waals surface area (Å²) in [5, 5.41) is 5.80. The first-order valence-electron chi connectivity index (χ1n) is 22.5. The normalized spacial score (nSPS) is 11.3. The van der Waals surface area contributed by atoms with Gasteiger partial charge in [-0.3, -0.25) is 0 Å². The number of benzene rings is 11. The van der Waals surface area contributed by atoms with Crippen molar-refractivity contribution in [3.63, 3.8) is 0 Å². The van der Waals surface area contributed by atoms with Crippen molar-refractivity contribution < 1.29 is 0 Å². The second kappa shape index (κ2) is 16.8. The molecule has 0 bridgehead atoms. The fourth-order valence-corrected chi connectivity index (χ4v) is 9.34. The van der Waals surface area contributed by atoms with Gasteiger partial charge in [0.1, 0.15) is 0 Å². The van der Waals surface area contributed by atoms with Crippen LogP contribution in [0.25, 0.3) is 122 Å². The molecule has 0 saturated carbocycles. The molecule has 0 amide bonds. The molecule has 66 heavy (non-hydrogen) atoms. The molecule has 0 aliphatic heterocycles. The van der Waals surface area contributed by atoms with Crippen LogP contribution >= 0.6 is 0 Å². The van der Waals surface area contributed by atoms with E-state index in [2.05, 4.69) is 255 Å². The van der Waals surface area contributed by atoms with Crippen LogP contribution in [0.5, 0.6) is 0 Å². The summed E-state index contributed by atoms with van der Waals surface area (Å²) in [7, 11) is 0. The van der Waals surface area contributed by atoms with Crippen molar-refractivity contribution in [3.05, 3.63) is 255 Å². The third kappa shape index (κ3) is 7.51. The Balaban J connectivity index is 0.850. The van der Waals surface area contributed by atoms with E-state index in [4.69, 9.17) is 9.97 Å². The summed E-state index contributed by atoms with van der Waals surface area (Å²) in [6, 6.07) is 91.4. The summed E-state index contributed by atoms with van der Waals surface area (Å²) < 4.78 is 0. The minimum atomic E-state index is 0.703. The smallest absolute Gasteiger partial charge is 0.160 e. The minimum Gasteiger partial charge on any atom is -0.227 e. The van der Waals surface area contributed by atoms with Crippen LogP contribution in [0.2, 0.25) is 0 Å². The van der Waals surface area contributed by atoms with E-state index in [-0.39, 0.29) is 0 Å². The van der Waals surface area contributed by atoms with Gasteiger partial charge in [0.15, 0.2) is 5.82 Å². The van der Waals surface area contributed by atoms with Crippen molar-refractivity contribution in [2.24, 2.45) is 0 Å². The van der Waals surface area contributed by atoms with E-state index in [1.54, 1.807) is 0 Å². The lowest BCUT2D eigenvalue weighted by Gasteiger charge is -2.13. The van der Waals surface area contributed by atoms with Gasteiger partial charge in [-0.05, 0) is 113 Å². The molecule has 0 N–H and O–H groups in total. The molecule has 2 nitrogen and oxygen atoms in total. The van der Waals surface area contributed by atoms with Gasteiger partial charge in [0.05, 0.1) is 11.2 Å². The molecule has 0 radical (unpaired) electrons. The maximum absolute atomic E-state index is 5.35. The molecule has 0 unspecified atom stereocenters. The van der Waals surface area contributed by atoms with Gasteiger partial charge in [-0.15, -0.1) is 0 Å². The average Bonchev–Trinajstić information content (AvgIpc) is 3.41. The van der Waals surface area contributed by atoms with Crippen molar-refractivity contribution in [1.82, 2.24) is 9.97 Å². The first-order chi connectivity index (χ1) is 32.7. The van der Waals surface area contributed by atoms with Crippen LogP contribution < -0.4 is 0 Å². The third-order valence-corrected chi connectivity index (χ3v) is 12.9. The molecular formula is C64H42N2. The molecule has 12 rings (SSSR count). The van der Waals surface area contributed by atoms with Crippen molar-refractivity contribution in [1.29, 1.82) is 0 Å². The predicted molar refractivity (Wildman–Crippen MR) is 278 cm³/mol. The number of aromatic nitrogens is 2. The number of hydrogen-bond acceptors (Lipinski definition) is 2. The van der Waals surface area contributed by atoms with E-state index in [9.17, 15) is 0 Å². The Labute approximate surface area is 384 Å². The second-order valence-electron chi connectivity index (χ2n) is 17.0. The minimum absolute atomic E-state index is 0.703. The molecule has 0 aliphatic carbocycles. The number of nitrogens with zero attached hydrogens (tertiary/aromatic N) is 2. The summed E-state index contributed by atoms with van der Waals surface area (Å²) in [5.41, 5.74) is 18.1. The lowest BCUT2D eigenvalue weighted by molar-refractivity contribution is 1.23. The Morgan fingerprint density at radius 2 is 0.576 bits per heavy atom. The van der Waals surface area contributed by atoms with Gasteiger partial charge < -0.3 is 0 Å². The van der Waals surface area contributed by atoms with Crippen molar-refractivity contribution in [3.8, 4) is 89.4 Å². The van der Waals surface area contributed by atoms with Gasteiger partial charge in [0.25, 0.3) is 0 Å². The van der Waals surface area contributed by atoms with Crippen molar-refractivity contribution in [2.45, 2.75) is 0 Å². The Morgan fingerprint density at radius 1 is 0.197 bits per heavy atom. The lowest BCUT2D eigenvalue weighted by Crippen LogP contribution is -1.96. The molecule has 1 heterocycles. The van der Waals surface area contributed by atoms with Crippen LogP contribution in [0.1, 0.15) is 0 Å². The second-order valence-corrected chi connectivity index (χ2v) is 17.0. The quantitative estimate of drug-likeness (QED) is 0.143. The Bertz CT molecular complexity index is 3720. The highest BCUT2D eigenvalue weighted by atomic mass is 14.9. The first kappa shape index (κ1) is 38.9. The van der Waals surface area contributed by atoms with Gasteiger partial charge in [-0.25, -0.2) is 9.97 Å². The van der Waals surface area contributed by atoms with Crippen LogP contribution in [-0.4, -0.2) is 9.97 Å². The molecule has 0 fully saturated rings. The molecule has 0 saturated heterocycles. The van der Waals surface area contributed by atoms with Crippen LogP contribution in [0.15, 0.2) is 255 Å². The fraction of sp³-hybridized carbons (Fsp3) is 0. The summed E-state index contributed by atoms with van der Waals surface area (Å²) in [4.78, 5) is 10.6. The summed E-state index contributed by atoms with van der Waals surface area (Å²) >= 11 is 0. The highest BCUT2D eigenvalue weighted by molar-refractivity contribution is 6.10. The van der Waals surface area contributed by atoms with Gasteiger partial charge in [0, 0.05) is 21.9 Å². The maximum Gasteiger partial charge on any atom is 0.160 e. The molecule has 0 spiro atoms. The average molecular weight is 839 g/mol. The van der Waals surface area contributed by atoms with Gasteiger partial charge in [0.2, 0.25) is 0 Å². The van der Waals surface area contributed by atoms with Crippen molar-refractivity contribution >= 4 is 32.4 Å². The van der Waals surface area contributed by atoms with Crippen LogP contribution in [0.4, 0.5) is 0 Å². The molecule has 12 aromatic rings. The summed E-state index contributed by atoms with van der Waals surface area (Å²) in [6.07, 6.45) is 0. The molecule has 2 heteroatoms. The van der Waals surface area contributed by atoms with E-state index in [1.807, 2.05) is 0 Å².